The van der Waals surface area contributed by atoms with E-state index >= 15 is 0 Å². The van der Waals surface area contributed by atoms with E-state index in [9.17, 15) is 4.79 Å². The molecule has 1 aliphatic rings. The third-order valence-electron chi connectivity index (χ3n) is 2.39. The van der Waals surface area contributed by atoms with E-state index in [1.807, 2.05) is 6.92 Å². The minimum atomic E-state index is -0.781. The first-order chi connectivity index (χ1) is 5.57. The van der Waals surface area contributed by atoms with Gasteiger partial charge >= 0.3 is 5.97 Å². The van der Waals surface area contributed by atoms with Gasteiger partial charge in [0.25, 0.3) is 0 Å². The number of ether oxygens (including phenoxy) is 1. The molecule has 0 bridgehead atoms. The molecule has 0 spiro atoms. The Morgan fingerprint density at radius 1 is 1.75 bits per heavy atom. The van der Waals surface area contributed by atoms with Crippen molar-refractivity contribution in [3.8, 4) is 0 Å². The molecule has 1 N–H and O–H groups in total. The number of hydrogen-bond acceptors (Lipinski definition) is 3. The van der Waals surface area contributed by atoms with Gasteiger partial charge in [0.15, 0.2) is 0 Å². The SMILES string of the molecule is CO[C@H]1CN(P)[C@H](C(=O)O)C1C. The summed E-state index contributed by atoms with van der Waals surface area (Å²) in [5.74, 6) is -0.734. The molecular formula is C7H14NO3P. The van der Waals surface area contributed by atoms with E-state index in [2.05, 4.69) is 9.39 Å². The standard InChI is InChI=1S/C7H14NO3P/c1-4-5(11-2)3-8(12)6(4)7(9)10/h4-6H,3,12H2,1-2H3,(H,9,10)/t4?,5-,6-/m0/s1. The molecular weight excluding hydrogens is 177 g/mol. The van der Waals surface area contributed by atoms with Crippen molar-refractivity contribution in [2.75, 3.05) is 13.7 Å². The molecule has 70 valence electrons. The van der Waals surface area contributed by atoms with Crippen LogP contribution in [-0.2, 0) is 9.53 Å². The van der Waals surface area contributed by atoms with Crippen LogP contribution in [0.2, 0.25) is 0 Å². The van der Waals surface area contributed by atoms with Crippen LogP contribution in [0.4, 0.5) is 0 Å². The second-order valence-corrected chi connectivity index (χ2v) is 3.78. The number of carboxylic acids is 1. The highest BCUT2D eigenvalue weighted by molar-refractivity contribution is 7.13. The fraction of sp³-hybridized carbons (Fsp3) is 0.857. The maximum Gasteiger partial charge on any atom is 0.321 e. The average Bonchev–Trinajstić information content (AvgIpc) is 2.25. The maximum atomic E-state index is 10.8. The third kappa shape index (κ3) is 1.60. The van der Waals surface area contributed by atoms with Crippen molar-refractivity contribution in [1.29, 1.82) is 0 Å². The Bertz CT molecular complexity index is 187. The first-order valence-electron chi connectivity index (χ1n) is 3.85. The monoisotopic (exact) mass is 191 g/mol. The first kappa shape index (κ1) is 9.90. The normalized spacial score (nSPS) is 37.1. The zero-order valence-corrected chi connectivity index (χ0v) is 8.38. The molecule has 0 amide bonds. The quantitative estimate of drug-likeness (QED) is 0.633. The van der Waals surface area contributed by atoms with Gasteiger partial charge < -0.3 is 9.84 Å². The summed E-state index contributed by atoms with van der Waals surface area (Å²) in [4.78, 5) is 10.8. The van der Waals surface area contributed by atoms with Gasteiger partial charge in [-0.25, -0.2) is 0 Å². The smallest absolute Gasteiger partial charge is 0.321 e. The van der Waals surface area contributed by atoms with Crippen molar-refractivity contribution >= 4 is 15.4 Å². The molecule has 0 aromatic heterocycles. The molecule has 1 fully saturated rings. The maximum absolute atomic E-state index is 10.8. The topological polar surface area (TPSA) is 49.8 Å². The lowest BCUT2D eigenvalue weighted by Gasteiger charge is -2.17. The Balaban J connectivity index is 2.70. The predicted octanol–water partition coefficient (Wildman–Crippen LogP) is 0.196. The minimum Gasteiger partial charge on any atom is -0.480 e. The summed E-state index contributed by atoms with van der Waals surface area (Å²) in [6, 6.07) is -0.431. The van der Waals surface area contributed by atoms with Gasteiger partial charge in [-0.05, 0) is 0 Å². The fourth-order valence-electron chi connectivity index (χ4n) is 1.65. The second-order valence-electron chi connectivity index (χ2n) is 3.11. The molecule has 0 aromatic rings. The zero-order valence-electron chi connectivity index (χ0n) is 7.23. The molecule has 4 nitrogen and oxygen atoms in total. The van der Waals surface area contributed by atoms with Gasteiger partial charge in [0.2, 0.25) is 0 Å². The van der Waals surface area contributed by atoms with Crippen molar-refractivity contribution in [3.05, 3.63) is 0 Å². The first-order valence-corrected chi connectivity index (χ1v) is 4.36. The molecule has 12 heavy (non-hydrogen) atoms. The van der Waals surface area contributed by atoms with Crippen LogP contribution in [0.5, 0.6) is 0 Å². The van der Waals surface area contributed by atoms with Crippen LogP contribution in [0.15, 0.2) is 0 Å². The second kappa shape index (κ2) is 3.69. The Hall–Kier alpha value is -0.180. The summed E-state index contributed by atoms with van der Waals surface area (Å²) in [6.45, 7) is 2.57. The van der Waals surface area contributed by atoms with Gasteiger partial charge in [-0.2, -0.15) is 0 Å². The lowest BCUT2D eigenvalue weighted by atomic mass is 10.0. The van der Waals surface area contributed by atoms with Crippen molar-refractivity contribution < 1.29 is 14.6 Å². The molecule has 0 aromatic carbocycles. The lowest BCUT2D eigenvalue weighted by molar-refractivity contribution is -0.141. The largest absolute Gasteiger partial charge is 0.480 e. The number of carboxylic acid groups (broad SMARTS) is 1. The molecule has 1 heterocycles. The fourth-order valence-corrected chi connectivity index (χ4v) is 2.26. The molecule has 2 unspecified atom stereocenters. The van der Waals surface area contributed by atoms with Gasteiger partial charge in [0, 0.05) is 19.6 Å². The van der Waals surface area contributed by atoms with Gasteiger partial charge in [0.05, 0.1) is 6.10 Å². The van der Waals surface area contributed by atoms with Crippen LogP contribution in [0.3, 0.4) is 0 Å². The third-order valence-corrected chi connectivity index (χ3v) is 2.92. The zero-order chi connectivity index (χ0) is 9.30. The highest BCUT2D eigenvalue weighted by Crippen LogP contribution is 2.28. The minimum absolute atomic E-state index is 0.0311. The molecule has 0 radical (unpaired) electrons. The number of rotatable bonds is 2. The number of hydrogen-bond donors (Lipinski definition) is 1. The summed E-state index contributed by atoms with van der Waals surface area (Å²) in [6.07, 6.45) is 0.0311. The summed E-state index contributed by atoms with van der Waals surface area (Å²) in [5, 5.41) is 8.86. The van der Waals surface area contributed by atoms with Crippen LogP contribution in [-0.4, -0.2) is 41.5 Å². The van der Waals surface area contributed by atoms with Crippen molar-refractivity contribution in [2.24, 2.45) is 5.92 Å². The van der Waals surface area contributed by atoms with Gasteiger partial charge in [-0.3, -0.25) is 9.46 Å². The molecule has 1 saturated heterocycles. The predicted molar refractivity (Wildman–Crippen MR) is 47.8 cm³/mol. The van der Waals surface area contributed by atoms with Crippen LogP contribution in [0.25, 0.3) is 0 Å². The number of nitrogens with zero attached hydrogens (tertiary/aromatic N) is 1. The number of carbonyl (C=O) groups is 1. The van der Waals surface area contributed by atoms with E-state index in [1.54, 1.807) is 11.8 Å². The Morgan fingerprint density at radius 3 is 2.58 bits per heavy atom. The van der Waals surface area contributed by atoms with Crippen LogP contribution in [0, 0.1) is 5.92 Å². The number of aliphatic carboxylic acids is 1. The molecule has 1 rings (SSSR count). The van der Waals surface area contributed by atoms with E-state index in [1.165, 1.54) is 0 Å². The van der Waals surface area contributed by atoms with Crippen molar-refractivity contribution in [1.82, 2.24) is 4.67 Å². The van der Waals surface area contributed by atoms with Gasteiger partial charge in [0.1, 0.15) is 6.04 Å². The van der Waals surface area contributed by atoms with E-state index in [0.29, 0.717) is 6.54 Å². The Morgan fingerprint density at radius 2 is 2.33 bits per heavy atom. The summed E-state index contributed by atoms with van der Waals surface area (Å²) in [5.41, 5.74) is 0. The van der Waals surface area contributed by atoms with Crippen LogP contribution >= 0.6 is 9.39 Å². The van der Waals surface area contributed by atoms with Gasteiger partial charge in [-0.1, -0.05) is 16.3 Å². The molecule has 1 aliphatic heterocycles. The van der Waals surface area contributed by atoms with E-state index in [-0.39, 0.29) is 12.0 Å². The van der Waals surface area contributed by atoms with Crippen molar-refractivity contribution in [2.45, 2.75) is 19.1 Å². The highest BCUT2D eigenvalue weighted by Gasteiger charge is 2.41. The highest BCUT2D eigenvalue weighted by atomic mass is 31.0. The summed E-state index contributed by atoms with van der Waals surface area (Å²) < 4.78 is 6.89. The molecule has 5 heteroatoms. The Labute approximate surface area is 74.1 Å². The van der Waals surface area contributed by atoms with E-state index < -0.39 is 12.0 Å². The molecule has 4 atom stereocenters. The van der Waals surface area contributed by atoms with E-state index in [0.717, 1.165) is 0 Å². The Kier molecular flexibility index (Phi) is 3.04. The molecule has 0 saturated carbocycles. The number of methoxy groups -OCH3 is 1. The molecule has 0 aliphatic carbocycles. The van der Waals surface area contributed by atoms with E-state index in [4.69, 9.17) is 9.84 Å². The van der Waals surface area contributed by atoms with Gasteiger partial charge in [-0.15, -0.1) is 0 Å². The average molecular weight is 191 g/mol. The summed E-state index contributed by atoms with van der Waals surface area (Å²) >= 11 is 0. The van der Waals surface area contributed by atoms with Crippen LogP contribution in [0.1, 0.15) is 6.92 Å². The lowest BCUT2D eigenvalue weighted by Crippen LogP contribution is -2.33. The summed E-state index contributed by atoms with van der Waals surface area (Å²) in [7, 11) is 4.04. The van der Waals surface area contributed by atoms with Crippen molar-refractivity contribution in [3.63, 3.8) is 0 Å². The van der Waals surface area contributed by atoms with Crippen LogP contribution < -0.4 is 0 Å².